The molecule has 0 aliphatic carbocycles. The van der Waals surface area contributed by atoms with Crippen molar-refractivity contribution in [2.45, 2.75) is 52.6 Å². The summed E-state index contributed by atoms with van der Waals surface area (Å²) in [5.41, 5.74) is 8.56. The summed E-state index contributed by atoms with van der Waals surface area (Å²) in [6.45, 7) is 7.86. The summed E-state index contributed by atoms with van der Waals surface area (Å²) < 4.78 is 1.84. The van der Waals surface area contributed by atoms with Gasteiger partial charge in [-0.1, -0.05) is 47.7 Å². The van der Waals surface area contributed by atoms with Gasteiger partial charge in [0.2, 0.25) is 0 Å². The van der Waals surface area contributed by atoms with Crippen molar-refractivity contribution in [2.75, 3.05) is 6.54 Å². The van der Waals surface area contributed by atoms with Gasteiger partial charge in [0.15, 0.2) is 0 Å². The smallest absolute Gasteiger partial charge is 0.304 e. The molecule has 0 saturated carbocycles. The molecule has 1 aliphatic rings. The quantitative estimate of drug-likeness (QED) is 0.423. The van der Waals surface area contributed by atoms with Crippen LogP contribution >= 0.6 is 0 Å². The summed E-state index contributed by atoms with van der Waals surface area (Å²) in [6.07, 6.45) is 0.751. The van der Waals surface area contributed by atoms with Gasteiger partial charge in [0, 0.05) is 31.1 Å². The normalized spacial score (nSPS) is 14.0. The molecule has 7 nitrogen and oxygen atoms in total. The molecule has 184 valence electrons. The average molecular weight is 483 g/mol. The number of aryl methyl sites for hydroxylation is 3. The molecule has 3 aromatic carbocycles. The topological polar surface area (TPSA) is 88.3 Å². The van der Waals surface area contributed by atoms with Gasteiger partial charge in [-0.05, 0) is 72.7 Å². The van der Waals surface area contributed by atoms with Crippen LogP contribution in [-0.2, 0) is 24.3 Å². The van der Waals surface area contributed by atoms with Crippen molar-refractivity contribution in [3.8, 4) is 0 Å². The fraction of sp³-hybridized carbons (Fsp3) is 0.310. The molecule has 0 fully saturated rings. The summed E-state index contributed by atoms with van der Waals surface area (Å²) in [4.78, 5) is 27.1. The second kappa shape index (κ2) is 9.57. The number of carboxylic acids is 1. The van der Waals surface area contributed by atoms with Crippen LogP contribution in [0.15, 0.2) is 54.6 Å². The summed E-state index contributed by atoms with van der Waals surface area (Å²) in [5, 5.41) is 18.4. The number of rotatable bonds is 6. The predicted molar refractivity (Wildman–Crippen MR) is 138 cm³/mol. The molecule has 1 atom stereocenters. The van der Waals surface area contributed by atoms with Crippen LogP contribution in [0.2, 0.25) is 0 Å². The molecule has 4 aromatic rings. The standard InChI is InChI=1S/C29H30N4O3/c1-4-33-26-12-11-24(19(3)28(26)30-31-33)25(16-27(34)35)21-10-9-20-13-14-32(17-22(20)15-21)29(36)23-8-6-5-7-18(23)2/h5-12,15,25H,4,13-14,16-17H2,1-3H3,(H,34,35)/t25-/m1/s1. The van der Waals surface area contributed by atoms with Gasteiger partial charge in [0.25, 0.3) is 5.91 Å². The van der Waals surface area contributed by atoms with E-state index in [0.717, 1.165) is 57.4 Å². The van der Waals surface area contributed by atoms with Crippen molar-refractivity contribution in [1.82, 2.24) is 19.9 Å². The first-order chi connectivity index (χ1) is 17.4. The van der Waals surface area contributed by atoms with Gasteiger partial charge in [0.05, 0.1) is 11.9 Å². The first-order valence-corrected chi connectivity index (χ1v) is 12.4. The molecule has 1 N–H and O–H groups in total. The number of amides is 1. The summed E-state index contributed by atoms with van der Waals surface area (Å²) in [5.74, 6) is -1.15. The zero-order valence-corrected chi connectivity index (χ0v) is 20.9. The lowest BCUT2D eigenvalue weighted by molar-refractivity contribution is -0.137. The SMILES string of the molecule is CCn1nnc2c(C)c([C@H](CC(=O)O)c3ccc4c(c3)CN(C(=O)c3ccccc3C)CC4)ccc21. The van der Waals surface area contributed by atoms with Gasteiger partial charge in [-0.3, -0.25) is 9.59 Å². The Morgan fingerprint density at radius 2 is 1.86 bits per heavy atom. The first kappa shape index (κ1) is 23.7. The van der Waals surface area contributed by atoms with E-state index in [9.17, 15) is 14.7 Å². The maximum absolute atomic E-state index is 13.2. The molecule has 0 spiro atoms. The third-order valence-corrected chi connectivity index (χ3v) is 7.34. The van der Waals surface area contributed by atoms with E-state index in [-0.39, 0.29) is 18.2 Å². The molecule has 7 heteroatoms. The second-order valence-electron chi connectivity index (χ2n) is 9.52. The number of aliphatic carboxylic acids is 1. The monoisotopic (exact) mass is 482 g/mol. The molecule has 0 unspecified atom stereocenters. The highest BCUT2D eigenvalue weighted by atomic mass is 16.4. The van der Waals surface area contributed by atoms with E-state index in [2.05, 4.69) is 22.4 Å². The molecule has 1 aliphatic heterocycles. The highest BCUT2D eigenvalue weighted by Gasteiger charge is 2.26. The number of carboxylic acid groups (broad SMARTS) is 1. The Labute approximate surface area is 210 Å². The van der Waals surface area contributed by atoms with E-state index in [1.165, 1.54) is 5.56 Å². The van der Waals surface area contributed by atoms with E-state index in [1.54, 1.807) is 0 Å². The van der Waals surface area contributed by atoms with Crippen molar-refractivity contribution < 1.29 is 14.7 Å². The average Bonchev–Trinajstić information content (AvgIpc) is 3.31. The van der Waals surface area contributed by atoms with E-state index in [1.807, 2.05) is 72.8 Å². The Kier molecular flexibility index (Phi) is 6.31. The van der Waals surface area contributed by atoms with Gasteiger partial charge >= 0.3 is 5.97 Å². The lowest BCUT2D eigenvalue weighted by Crippen LogP contribution is -2.36. The Bertz CT molecular complexity index is 1470. The maximum Gasteiger partial charge on any atom is 0.304 e. The van der Waals surface area contributed by atoms with Crippen molar-refractivity contribution in [1.29, 1.82) is 0 Å². The molecule has 2 heterocycles. The minimum absolute atomic E-state index is 0.0289. The maximum atomic E-state index is 13.2. The Morgan fingerprint density at radius 1 is 1.06 bits per heavy atom. The number of fused-ring (bicyclic) bond motifs is 2. The Morgan fingerprint density at radius 3 is 2.61 bits per heavy atom. The van der Waals surface area contributed by atoms with Crippen molar-refractivity contribution in [2.24, 2.45) is 0 Å². The van der Waals surface area contributed by atoms with Gasteiger partial charge in [-0.2, -0.15) is 0 Å². The van der Waals surface area contributed by atoms with Gasteiger partial charge < -0.3 is 10.0 Å². The number of hydrogen-bond acceptors (Lipinski definition) is 4. The Hall–Kier alpha value is -4.00. The number of carbonyl (C=O) groups is 2. The zero-order valence-electron chi connectivity index (χ0n) is 20.9. The number of carbonyl (C=O) groups excluding carboxylic acids is 1. The van der Waals surface area contributed by atoms with E-state index >= 15 is 0 Å². The summed E-state index contributed by atoms with van der Waals surface area (Å²) in [7, 11) is 0. The third-order valence-electron chi connectivity index (χ3n) is 7.34. The van der Waals surface area contributed by atoms with Crippen molar-refractivity contribution >= 4 is 22.9 Å². The van der Waals surface area contributed by atoms with Crippen LogP contribution in [0.25, 0.3) is 11.0 Å². The minimum atomic E-state index is -0.856. The highest BCUT2D eigenvalue weighted by molar-refractivity contribution is 5.95. The largest absolute Gasteiger partial charge is 0.481 e. The van der Waals surface area contributed by atoms with E-state index in [0.29, 0.717) is 13.1 Å². The lowest BCUT2D eigenvalue weighted by Gasteiger charge is -2.30. The molecule has 0 bridgehead atoms. The molecule has 5 rings (SSSR count). The van der Waals surface area contributed by atoms with E-state index < -0.39 is 5.97 Å². The molecule has 0 saturated heterocycles. The van der Waals surface area contributed by atoms with E-state index in [4.69, 9.17) is 0 Å². The number of nitrogens with zero attached hydrogens (tertiary/aromatic N) is 4. The van der Waals surface area contributed by atoms with Crippen LogP contribution in [0, 0.1) is 13.8 Å². The molecule has 36 heavy (non-hydrogen) atoms. The summed E-state index contributed by atoms with van der Waals surface area (Å²) >= 11 is 0. The molecule has 0 radical (unpaired) electrons. The first-order valence-electron chi connectivity index (χ1n) is 12.4. The summed E-state index contributed by atoms with van der Waals surface area (Å²) in [6, 6.07) is 17.9. The van der Waals surface area contributed by atoms with Gasteiger partial charge in [-0.15, -0.1) is 5.10 Å². The van der Waals surface area contributed by atoms with Gasteiger partial charge in [-0.25, -0.2) is 4.68 Å². The second-order valence-corrected chi connectivity index (χ2v) is 9.52. The van der Waals surface area contributed by atoms with Crippen LogP contribution in [0.1, 0.15) is 63.0 Å². The third kappa shape index (κ3) is 4.26. The van der Waals surface area contributed by atoms with Crippen LogP contribution in [0.5, 0.6) is 0 Å². The number of benzene rings is 3. The number of hydrogen-bond donors (Lipinski definition) is 1. The fourth-order valence-electron chi connectivity index (χ4n) is 5.33. The number of aromatic nitrogens is 3. The van der Waals surface area contributed by atoms with Crippen LogP contribution < -0.4 is 0 Å². The molecular weight excluding hydrogens is 452 g/mol. The highest BCUT2D eigenvalue weighted by Crippen LogP contribution is 2.35. The van der Waals surface area contributed by atoms with Crippen LogP contribution in [-0.4, -0.2) is 43.4 Å². The lowest BCUT2D eigenvalue weighted by atomic mass is 9.83. The molecular formula is C29H30N4O3. The predicted octanol–water partition coefficient (Wildman–Crippen LogP) is 4.87. The van der Waals surface area contributed by atoms with Crippen molar-refractivity contribution in [3.63, 3.8) is 0 Å². The van der Waals surface area contributed by atoms with Crippen molar-refractivity contribution in [3.05, 3.63) is 93.5 Å². The molecule has 1 amide bonds. The minimum Gasteiger partial charge on any atom is -0.481 e. The fourth-order valence-corrected chi connectivity index (χ4v) is 5.33. The van der Waals surface area contributed by atoms with Crippen LogP contribution in [0.3, 0.4) is 0 Å². The molecule has 1 aromatic heterocycles. The van der Waals surface area contributed by atoms with Gasteiger partial charge in [0.1, 0.15) is 5.52 Å². The van der Waals surface area contributed by atoms with Crippen LogP contribution in [0.4, 0.5) is 0 Å². The Balaban J connectivity index is 1.50. The zero-order chi connectivity index (χ0) is 25.4.